The predicted molar refractivity (Wildman–Crippen MR) is 162 cm³/mol. The van der Waals surface area contributed by atoms with Crippen molar-refractivity contribution >= 4 is 27.3 Å². The fourth-order valence-electron chi connectivity index (χ4n) is 5.44. The molecule has 0 saturated carbocycles. The van der Waals surface area contributed by atoms with E-state index < -0.39 is 11.6 Å². The summed E-state index contributed by atoms with van der Waals surface area (Å²) in [5.74, 6) is -1.84. The topological polar surface area (TPSA) is 104 Å². The van der Waals surface area contributed by atoms with Crippen LogP contribution in [-0.4, -0.2) is 62.2 Å². The number of thiophene rings is 1. The molecule has 6 rings (SSSR count). The molecule has 1 amide bonds. The molecular weight excluding hydrogens is 590 g/mol. The highest BCUT2D eigenvalue weighted by Gasteiger charge is 2.31. The van der Waals surface area contributed by atoms with Crippen LogP contribution in [-0.2, 0) is 23.1 Å². The van der Waals surface area contributed by atoms with E-state index in [0.717, 1.165) is 17.8 Å². The molecule has 5 aromatic rings. The second kappa shape index (κ2) is 11.7. The van der Waals surface area contributed by atoms with E-state index >= 15 is 4.39 Å². The minimum absolute atomic E-state index is 0.0135. The van der Waals surface area contributed by atoms with Crippen molar-refractivity contribution in [2.24, 2.45) is 7.05 Å². The molecule has 13 heteroatoms. The second-order valence-corrected chi connectivity index (χ2v) is 11.2. The number of ether oxygens (including phenoxy) is 2. The lowest BCUT2D eigenvalue weighted by Gasteiger charge is -2.33. The van der Waals surface area contributed by atoms with Gasteiger partial charge in [-0.05, 0) is 30.5 Å². The fraction of sp³-hybridized carbons (Fsp3) is 0.258. The molecule has 0 radical (unpaired) electrons. The maximum atomic E-state index is 15.9. The minimum Gasteiger partial charge on any atom is -0.490 e. The molecule has 1 aliphatic rings. The SMILES string of the molecule is C=CC(=O)N1CCn2nc(-c3nc(-c4cnn(C)c(=O)c4)c4ccsc4c3-c3c(F)cc(F)cc3OCCOC)cc2C1C. The van der Waals surface area contributed by atoms with Crippen molar-refractivity contribution in [3.8, 4) is 39.5 Å². The van der Waals surface area contributed by atoms with E-state index in [0.29, 0.717) is 51.4 Å². The molecule has 10 nitrogen and oxygen atoms in total. The summed E-state index contributed by atoms with van der Waals surface area (Å²) in [6.45, 7) is 6.63. The summed E-state index contributed by atoms with van der Waals surface area (Å²) in [5.41, 5.74) is 2.46. The van der Waals surface area contributed by atoms with Gasteiger partial charge in [-0.15, -0.1) is 11.3 Å². The second-order valence-electron chi connectivity index (χ2n) is 10.2. The number of fused-ring (bicyclic) bond motifs is 2. The molecule has 1 aliphatic heterocycles. The number of aryl methyl sites for hydroxylation is 1. The number of hydrogen-bond donors (Lipinski definition) is 0. The van der Waals surface area contributed by atoms with Crippen LogP contribution in [0.1, 0.15) is 18.7 Å². The first-order valence-corrected chi connectivity index (χ1v) is 14.7. The van der Waals surface area contributed by atoms with E-state index in [4.69, 9.17) is 19.6 Å². The number of hydrogen-bond acceptors (Lipinski definition) is 8. The molecule has 4 aromatic heterocycles. The molecule has 0 saturated heterocycles. The average Bonchev–Trinajstić information content (AvgIpc) is 3.66. The highest BCUT2D eigenvalue weighted by atomic mass is 32.1. The fourth-order valence-corrected chi connectivity index (χ4v) is 6.39. The van der Waals surface area contributed by atoms with Crippen molar-refractivity contribution in [2.45, 2.75) is 19.5 Å². The number of benzene rings is 1. The number of rotatable bonds is 8. The summed E-state index contributed by atoms with van der Waals surface area (Å²) in [5, 5.41) is 11.5. The zero-order chi connectivity index (χ0) is 31.1. The van der Waals surface area contributed by atoms with Crippen LogP contribution in [0.25, 0.3) is 43.9 Å². The number of methoxy groups -OCH3 is 1. The van der Waals surface area contributed by atoms with Crippen molar-refractivity contribution in [3.05, 3.63) is 82.2 Å². The van der Waals surface area contributed by atoms with Crippen LogP contribution in [0.3, 0.4) is 0 Å². The minimum atomic E-state index is -0.835. The van der Waals surface area contributed by atoms with Crippen molar-refractivity contribution in [1.82, 2.24) is 29.4 Å². The number of aromatic nitrogens is 5. The van der Waals surface area contributed by atoms with Gasteiger partial charge in [0.1, 0.15) is 35.4 Å². The van der Waals surface area contributed by atoms with Crippen LogP contribution in [0.15, 0.2) is 59.4 Å². The summed E-state index contributed by atoms with van der Waals surface area (Å²) >= 11 is 1.34. The van der Waals surface area contributed by atoms with E-state index in [9.17, 15) is 14.0 Å². The summed E-state index contributed by atoms with van der Waals surface area (Å²) in [7, 11) is 3.05. The largest absolute Gasteiger partial charge is 0.490 e. The van der Waals surface area contributed by atoms with E-state index in [1.165, 1.54) is 35.3 Å². The molecule has 1 atom stereocenters. The average molecular weight is 619 g/mol. The van der Waals surface area contributed by atoms with Crippen molar-refractivity contribution in [2.75, 3.05) is 26.9 Å². The Morgan fingerprint density at radius 1 is 1.16 bits per heavy atom. The Balaban J connectivity index is 1.65. The number of halogens is 2. The van der Waals surface area contributed by atoms with Crippen LogP contribution < -0.4 is 10.3 Å². The Morgan fingerprint density at radius 3 is 2.73 bits per heavy atom. The third-order valence-electron chi connectivity index (χ3n) is 7.62. The number of pyridine rings is 1. The van der Waals surface area contributed by atoms with Crippen molar-refractivity contribution < 1.29 is 23.0 Å². The molecule has 0 bridgehead atoms. The third-order valence-corrected chi connectivity index (χ3v) is 8.55. The Bertz CT molecular complexity index is 1980. The molecule has 226 valence electrons. The zero-order valence-electron chi connectivity index (χ0n) is 24.2. The Hall–Kier alpha value is -4.75. The van der Waals surface area contributed by atoms with Crippen molar-refractivity contribution in [1.29, 1.82) is 0 Å². The number of nitrogens with zero attached hydrogens (tertiary/aromatic N) is 6. The summed E-state index contributed by atoms with van der Waals surface area (Å²) in [4.78, 5) is 31.8. The van der Waals surface area contributed by atoms with Crippen LogP contribution in [0, 0.1) is 11.6 Å². The molecule has 0 fully saturated rings. The van der Waals surface area contributed by atoms with Crippen LogP contribution >= 0.6 is 11.3 Å². The molecule has 1 aromatic carbocycles. The van der Waals surface area contributed by atoms with Gasteiger partial charge in [-0.1, -0.05) is 6.58 Å². The van der Waals surface area contributed by atoms with Gasteiger partial charge in [-0.3, -0.25) is 14.3 Å². The van der Waals surface area contributed by atoms with E-state index in [1.54, 1.807) is 22.8 Å². The summed E-state index contributed by atoms with van der Waals surface area (Å²) in [6.07, 6.45) is 2.82. The van der Waals surface area contributed by atoms with Gasteiger partial charge in [0.2, 0.25) is 5.91 Å². The van der Waals surface area contributed by atoms with Gasteiger partial charge in [0.05, 0.1) is 42.3 Å². The van der Waals surface area contributed by atoms with Crippen LogP contribution in [0.2, 0.25) is 0 Å². The van der Waals surface area contributed by atoms with Gasteiger partial charge in [0.25, 0.3) is 5.56 Å². The maximum Gasteiger partial charge on any atom is 0.267 e. The standard InChI is InChI=1S/C31H28F2N6O4S/c1-5-25(40)38-7-8-39-23(17(38)2)15-22(36-39)30-28(27-21(33)13-19(32)14-24(27)43-10-9-42-4)31-20(6-11-44-31)29(35-30)18-12-26(41)37(3)34-16-18/h5-6,11-17H,1,7-10H2,2-4H3. The highest BCUT2D eigenvalue weighted by Crippen LogP contribution is 2.47. The van der Waals surface area contributed by atoms with E-state index in [2.05, 4.69) is 11.7 Å². The monoisotopic (exact) mass is 618 g/mol. The van der Waals surface area contributed by atoms with Gasteiger partial charge < -0.3 is 14.4 Å². The Kier molecular flexibility index (Phi) is 7.82. The maximum absolute atomic E-state index is 15.9. The zero-order valence-corrected chi connectivity index (χ0v) is 25.0. The van der Waals surface area contributed by atoms with Crippen molar-refractivity contribution in [3.63, 3.8) is 0 Å². The van der Waals surface area contributed by atoms with E-state index in [-0.39, 0.29) is 42.0 Å². The first-order valence-electron chi connectivity index (χ1n) is 13.8. The molecule has 0 N–H and O–H groups in total. The van der Waals surface area contributed by atoms with Gasteiger partial charge >= 0.3 is 0 Å². The molecule has 1 unspecified atom stereocenters. The van der Waals surface area contributed by atoms with Gasteiger partial charge in [-0.2, -0.15) is 10.2 Å². The Morgan fingerprint density at radius 2 is 1.98 bits per heavy atom. The summed E-state index contributed by atoms with van der Waals surface area (Å²) in [6, 6.07) is 6.71. The van der Waals surface area contributed by atoms with Crippen LogP contribution in [0.4, 0.5) is 8.78 Å². The first-order chi connectivity index (χ1) is 21.2. The molecule has 44 heavy (non-hydrogen) atoms. The summed E-state index contributed by atoms with van der Waals surface area (Å²) < 4.78 is 45.0. The molecular formula is C31H28F2N6O4S. The molecule has 0 aliphatic carbocycles. The number of amides is 1. The third kappa shape index (κ3) is 5.07. The quantitative estimate of drug-likeness (QED) is 0.179. The van der Waals surface area contributed by atoms with Gasteiger partial charge in [0, 0.05) is 60.1 Å². The van der Waals surface area contributed by atoms with E-state index in [1.807, 2.05) is 24.4 Å². The normalized spacial score (nSPS) is 14.6. The highest BCUT2D eigenvalue weighted by molar-refractivity contribution is 7.18. The number of carbonyl (C=O) groups is 1. The number of carbonyl (C=O) groups excluding carboxylic acids is 1. The molecule has 5 heterocycles. The lowest BCUT2D eigenvalue weighted by Crippen LogP contribution is -2.40. The molecule has 0 spiro atoms. The first kappa shape index (κ1) is 29.3. The lowest BCUT2D eigenvalue weighted by molar-refractivity contribution is -0.129. The Labute approximate surface area is 254 Å². The smallest absolute Gasteiger partial charge is 0.267 e. The van der Waals surface area contributed by atoms with Crippen LogP contribution in [0.5, 0.6) is 5.75 Å². The lowest BCUT2D eigenvalue weighted by atomic mass is 9.96. The van der Waals surface area contributed by atoms with Gasteiger partial charge in [0.15, 0.2) is 0 Å². The van der Waals surface area contributed by atoms with Gasteiger partial charge in [-0.25, -0.2) is 18.4 Å². The predicted octanol–water partition coefficient (Wildman–Crippen LogP) is 4.98.